The Morgan fingerprint density at radius 2 is 1.73 bits per heavy atom. The van der Waals surface area contributed by atoms with E-state index in [2.05, 4.69) is 39.8 Å². The zero-order valence-electron chi connectivity index (χ0n) is 18.3. The molecular formula is C27H22ClFN4. The monoisotopic (exact) mass is 456 g/mol. The maximum atomic E-state index is 13.8. The number of anilines is 1. The van der Waals surface area contributed by atoms with Crippen LogP contribution >= 0.6 is 11.6 Å². The summed E-state index contributed by atoms with van der Waals surface area (Å²) in [5.74, 6) is -0.0249. The fraction of sp³-hybridized carbons (Fsp3) is 0.0741. The van der Waals surface area contributed by atoms with Gasteiger partial charge in [-0.15, -0.1) is 0 Å². The summed E-state index contributed by atoms with van der Waals surface area (Å²) in [5, 5.41) is 0.0551. The van der Waals surface area contributed by atoms with Crippen LogP contribution < -0.4 is 4.90 Å². The lowest BCUT2D eigenvalue weighted by molar-refractivity contribution is 0.628. The van der Waals surface area contributed by atoms with Gasteiger partial charge in [-0.25, -0.2) is 14.4 Å². The highest BCUT2D eigenvalue weighted by molar-refractivity contribution is 6.31. The van der Waals surface area contributed by atoms with Gasteiger partial charge in [0.25, 0.3) is 0 Å². The molecule has 0 saturated heterocycles. The van der Waals surface area contributed by atoms with Gasteiger partial charge in [-0.1, -0.05) is 41.9 Å². The van der Waals surface area contributed by atoms with Crippen LogP contribution in [-0.4, -0.2) is 31.6 Å². The molecule has 33 heavy (non-hydrogen) atoms. The molecule has 0 amide bonds. The summed E-state index contributed by atoms with van der Waals surface area (Å²) in [7, 11) is 4.01. The van der Waals surface area contributed by atoms with Crippen molar-refractivity contribution in [3.63, 3.8) is 0 Å². The molecule has 3 aromatic carbocycles. The molecule has 0 aliphatic rings. The van der Waals surface area contributed by atoms with Crippen LogP contribution in [-0.2, 0) is 0 Å². The van der Waals surface area contributed by atoms with E-state index in [0.717, 1.165) is 33.5 Å². The van der Waals surface area contributed by atoms with Crippen LogP contribution in [0.25, 0.3) is 22.3 Å². The van der Waals surface area contributed by atoms with Crippen molar-refractivity contribution in [2.75, 3.05) is 19.0 Å². The van der Waals surface area contributed by atoms with Gasteiger partial charge in [0, 0.05) is 43.3 Å². The number of pyridine rings is 1. The molecular weight excluding hydrogens is 435 g/mol. The SMILES string of the molecule is C=NC(=Nc1cc(-c2cccc(N(C)C)c2)ccc1-c1ccc(F)c(Cl)c1)c1cccnc1. The summed E-state index contributed by atoms with van der Waals surface area (Å²) in [6.45, 7) is 3.69. The van der Waals surface area contributed by atoms with E-state index >= 15 is 0 Å². The van der Waals surface area contributed by atoms with Crippen molar-refractivity contribution in [1.82, 2.24) is 4.98 Å². The predicted molar refractivity (Wildman–Crippen MR) is 137 cm³/mol. The molecule has 1 aromatic heterocycles. The van der Waals surface area contributed by atoms with Crippen LogP contribution in [0.15, 0.2) is 95.2 Å². The lowest BCUT2D eigenvalue weighted by Gasteiger charge is -2.15. The number of halogens is 2. The van der Waals surface area contributed by atoms with Gasteiger partial charge >= 0.3 is 0 Å². The number of hydrogen-bond acceptors (Lipinski definition) is 3. The van der Waals surface area contributed by atoms with E-state index in [1.807, 2.05) is 50.5 Å². The van der Waals surface area contributed by atoms with E-state index in [4.69, 9.17) is 16.6 Å². The Hall–Kier alpha value is -3.83. The number of hydrogen-bond donors (Lipinski definition) is 0. The molecule has 0 unspecified atom stereocenters. The molecule has 164 valence electrons. The second-order valence-corrected chi connectivity index (χ2v) is 8.05. The van der Waals surface area contributed by atoms with Crippen LogP contribution in [0.1, 0.15) is 5.56 Å². The molecule has 4 rings (SSSR count). The number of aromatic nitrogens is 1. The van der Waals surface area contributed by atoms with E-state index < -0.39 is 5.82 Å². The highest BCUT2D eigenvalue weighted by Gasteiger charge is 2.12. The fourth-order valence-corrected chi connectivity index (χ4v) is 3.66. The molecule has 0 atom stereocenters. The Morgan fingerprint density at radius 1 is 0.939 bits per heavy atom. The number of nitrogens with zero attached hydrogens (tertiary/aromatic N) is 4. The van der Waals surface area contributed by atoms with Gasteiger partial charge in [-0.3, -0.25) is 4.98 Å². The van der Waals surface area contributed by atoms with E-state index in [0.29, 0.717) is 11.5 Å². The maximum absolute atomic E-state index is 13.8. The normalized spacial score (nSPS) is 11.3. The van der Waals surface area contributed by atoms with E-state index in [-0.39, 0.29) is 5.02 Å². The first kappa shape index (κ1) is 22.4. The minimum absolute atomic E-state index is 0.0551. The summed E-state index contributed by atoms with van der Waals surface area (Å²) in [6, 6.07) is 22.6. The van der Waals surface area contributed by atoms with Crippen LogP contribution in [0.2, 0.25) is 5.02 Å². The Labute approximate surface area is 197 Å². The average molecular weight is 457 g/mol. The first-order chi connectivity index (χ1) is 16.0. The van der Waals surface area contributed by atoms with E-state index in [1.54, 1.807) is 24.5 Å². The molecule has 0 radical (unpaired) electrons. The third kappa shape index (κ3) is 4.99. The van der Waals surface area contributed by atoms with Gasteiger partial charge in [-0.05, 0) is 65.9 Å². The van der Waals surface area contributed by atoms with Crippen molar-refractivity contribution in [3.8, 4) is 22.3 Å². The number of aliphatic imine (C=N–C) groups is 2. The molecule has 4 nitrogen and oxygen atoms in total. The highest BCUT2D eigenvalue weighted by atomic mass is 35.5. The molecule has 0 spiro atoms. The minimum Gasteiger partial charge on any atom is -0.378 e. The Kier molecular flexibility index (Phi) is 6.61. The molecule has 0 N–H and O–H groups in total. The second kappa shape index (κ2) is 9.76. The van der Waals surface area contributed by atoms with Gasteiger partial charge in [0.1, 0.15) is 5.82 Å². The summed E-state index contributed by atoms with van der Waals surface area (Å²) in [5.41, 5.74) is 6.10. The molecule has 0 aliphatic carbocycles. The van der Waals surface area contributed by atoms with Crippen molar-refractivity contribution in [2.24, 2.45) is 9.98 Å². The number of benzene rings is 3. The predicted octanol–water partition coefficient (Wildman–Crippen LogP) is 7.05. The molecule has 0 saturated carbocycles. The fourth-order valence-electron chi connectivity index (χ4n) is 3.48. The van der Waals surface area contributed by atoms with Crippen LogP contribution in [0.3, 0.4) is 0 Å². The van der Waals surface area contributed by atoms with E-state index in [1.165, 1.54) is 6.07 Å². The van der Waals surface area contributed by atoms with E-state index in [9.17, 15) is 4.39 Å². The number of rotatable bonds is 5. The van der Waals surface area contributed by atoms with Crippen molar-refractivity contribution < 1.29 is 4.39 Å². The molecule has 6 heteroatoms. The lowest BCUT2D eigenvalue weighted by Crippen LogP contribution is -2.08. The summed E-state index contributed by atoms with van der Waals surface area (Å²) >= 11 is 6.07. The smallest absolute Gasteiger partial charge is 0.160 e. The van der Waals surface area contributed by atoms with Crippen molar-refractivity contribution >= 4 is 35.5 Å². The zero-order valence-corrected chi connectivity index (χ0v) is 19.1. The minimum atomic E-state index is -0.466. The summed E-state index contributed by atoms with van der Waals surface area (Å²) in [6.07, 6.45) is 3.38. The molecule has 0 aliphatic heterocycles. The first-order valence-corrected chi connectivity index (χ1v) is 10.7. The average Bonchev–Trinajstić information content (AvgIpc) is 2.84. The molecule has 0 fully saturated rings. The first-order valence-electron chi connectivity index (χ1n) is 10.3. The standard InChI is InChI=1S/C27H22ClFN4/c1-30-27(21-7-5-13-31-17-21)32-26-16-19(18-6-4-8-22(14-18)33(2)3)9-11-23(26)20-10-12-25(29)24(28)15-20/h4-17H,1H2,2-3H3. The van der Waals surface area contributed by atoms with Gasteiger partial charge in [-0.2, -0.15) is 0 Å². The Bertz CT molecular complexity index is 1330. The zero-order chi connectivity index (χ0) is 23.4. The Balaban J connectivity index is 1.90. The van der Waals surface area contributed by atoms with Gasteiger partial charge in [0.05, 0.1) is 10.7 Å². The highest BCUT2D eigenvalue weighted by Crippen LogP contribution is 2.37. The van der Waals surface area contributed by atoms with Gasteiger partial charge < -0.3 is 4.90 Å². The largest absolute Gasteiger partial charge is 0.378 e. The summed E-state index contributed by atoms with van der Waals surface area (Å²) < 4.78 is 13.8. The quantitative estimate of drug-likeness (QED) is 0.238. The molecule has 4 aromatic rings. The van der Waals surface area contributed by atoms with Gasteiger partial charge in [0.2, 0.25) is 0 Å². The van der Waals surface area contributed by atoms with Crippen molar-refractivity contribution in [1.29, 1.82) is 0 Å². The molecule has 1 heterocycles. The Morgan fingerprint density at radius 3 is 2.42 bits per heavy atom. The van der Waals surface area contributed by atoms with Gasteiger partial charge in [0.15, 0.2) is 5.84 Å². The van der Waals surface area contributed by atoms with Crippen molar-refractivity contribution in [2.45, 2.75) is 0 Å². The van der Waals surface area contributed by atoms with Crippen LogP contribution in [0, 0.1) is 5.82 Å². The van der Waals surface area contributed by atoms with Crippen LogP contribution in [0.5, 0.6) is 0 Å². The maximum Gasteiger partial charge on any atom is 0.160 e. The van der Waals surface area contributed by atoms with Crippen LogP contribution in [0.4, 0.5) is 15.8 Å². The van der Waals surface area contributed by atoms with Crippen molar-refractivity contribution in [3.05, 3.63) is 102 Å². The third-order valence-corrected chi connectivity index (χ3v) is 5.51. The summed E-state index contributed by atoms with van der Waals surface area (Å²) in [4.78, 5) is 15.2. The lowest BCUT2D eigenvalue weighted by atomic mass is 9.98. The molecule has 0 bridgehead atoms. The second-order valence-electron chi connectivity index (χ2n) is 7.64. The topological polar surface area (TPSA) is 40.9 Å². The third-order valence-electron chi connectivity index (χ3n) is 5.22. The number of amidine groups is 1.